The lowest BCUT2D eigenvalue weighted by Gasteiger charge is -2.31. The first-order chi connectivity index (χ1) is 8.22. The quantitative estimate of drug-likeness (QED) is 0.838. The third-order valence-corrected chi connectivity index (χ3v) is 3.85. The Morgan fingerprint density at radius 3 is 3.00 bits per heavy atom. The average Bonchev–Trinajstić information content (AvgIpc) is 2.51. The molecule has 0 amide bonds. The molecule has 0 aromatic carbocycles. The molecule has 0 spiro atoms. The third kappa shape index (κ3) is 2.96. The van der Waals surface area contributed by atoms with E-state index < -0.39 is 0 Å². The SMILES string of the molecule is CCC1CN(C)CCCN1c1ncncc1Br. The summed E-state index contributed by atoms with van der Waals surface area (Å²) in [6.45, 7) is 5.58. The molecule has 1 aliphatic heterocycles. The Balaban J connectivity index is 2.25. The molecule has 2 heterocycles. The summed E-state index contributed by atoms with van der Waals surface area (Å²) < 4.78 is 0.989. The Bertz CT molecular complexity index is 371. The van der Waals surface area contributed by atoms with Gasteiger partial charge in [0.15, 0.2) is 0 Å². The summed E-state index contributed by atoms with van der Waals surface area (Å²) in [5, 5.41) is 0. The van der Waals surface area contributed by atoms with E-state index in [0.29, 0.717) is 6.04 Å². The summed E-state index contributed by atoms with van der Waals surface area (Å²) >= 11 is 3.55. The average molecular weight is 299 g/mol. The molecule has 4 nitrogen and oxygen atoms in total. The molecule has 2 rings (SSSR count). The third-order valence-electron chi connectivity index (χ3n) is 3.29. The maximum atomic E-state index is 4.42. The fraction of sp³-hybridized carbons (Fsp3) is 0.667. The summed E-state index contributed by atoms with van der Waals surface area (Å²) in [4.78, 5) is 13.3. The summed E-state index contributed by atoms with van der Waals surface area (Å²) in [6.07, 6.45) is 5.77. The number of anilines is 1. The van der Waals surface area contributed by atoms with Crippen molar-refractivity contribution in [2.75, 3.05) is 31.6 Å². The van der Waals surface area contributed by atoms with Crippen LogP contribution in [-0.4, -0.2) is 47.6 Å². The van der Waals surface area contributed by atoms with Crippen molar-refractivity contribution in [3.63, 3.8) is 0 Å². The van der Waals surface area contributed by atoms with Crippen LogP contribution in [0, 0.1) is 0 Å². The first-order valence-electron chi connectivity index (χ1n) is 6.13. The molecule has 0 saturated carbocycles. The van der Waals surface area contributed by atoms with E-state index in [-0.39, 0.29) is 0 Å². The Morgan fingerprint density at radius 1 is 1.47 bits per heavy atom. The predicted molar refractivity (Wildman–Crippen MR) is 73.3 cm³/mol. The molecule has 1 aromatic heterocycles. The van der Waals surface area contributed by atoms with Crippen LogP contribution in [0.25, 0.3) is 0 Å². The second kappa shape index (κ2) is 5.78. The molecule has 0 radical (unpaired) electrons. The molecular formula is C12H19BrN4. The van der Waals surface area contributed by atoms with Gasteiger partial charge in [0.05, 0.1) is 4.47 Å². The van der Waals surface area contributed by atoms with Gasteiger partial charge in [-0.05, 0) is 42.4 Å². The van der Waals surface area contributed by atoms with Crippen LogP contribution in [0.2, 0.25) is 0 Å². The monoisotopic (exact) mass is 298 g/mol. The van der Waals surface area contributed by atoms with E-state index in [4.69, 9.17) is 0 Å². The highest BCUT2D eigenvalue weighted by Gasteiger charge is 2.24. The van der Waals surface area contributed by atoms with Crippen molar-refractivity contribution in [3.05, 3.63) is 17.0 Å². The fourth-order valence-corrected chi connectivity index (χ4v) is 2.84. The minimum atomic E-state index is 0.536. The van der Waals surface area contributed by atoms with E-state index in [2.05, 4.69) is 49.7 Å². The lowest BCUT2D eigenvalue weighted by molar-refractivity contribution is 0.327. The van der Waals surface area contributed by atoms with Crippen molar-refractivity contribution >= 4 is 21.7 Å². The second-order valence-corrected chi connectivity index (χ2v) is 5.42. The fourth-order valence-electron chi connectivity index (χ4n) is 2.39. The number of nitrogens with zero attached hydrogens (tertiary/aromatic N) is 4. The highest BCUT2D eigenvalue weighted by Crippen LogP contribution is 2.26. The summed E-state index contributed by atoms with van der Waals surface area (Å²) in [5.41, 5.74) is 0. The molecule has 0 bridgehead atoms. The van der Waals surface area contributed by atoms with Gasteiger partial charge in [-0.2, -0.15) is 0 Å². The van der Waals surface area contributed by atoms with Crippen molar-refractivity contribution in [1.29, 1.82) is 0 Å². The first kappa shape index (κ1) is 12.8. The Morgan fingerprint density at radius 2 is 2.29 bits per heavy atom. The Hall–Kier alpha value is -0.680. The van der Waals surface area contributed by atoms with Crippen LogP contribution in [0.1, 0.15) is 19.8 Å². The second-order valence-electron chi connectivity index (χ2n) is 4.57. The normalized spacial score (nSPS) is 22.5. The van der Waals surface area contributed by atoms with Crippen LogP contribution in [-0.2, 0) is 0 Å². The van der Waals surface area contributed by atoms with Crippen LogP contribution >= 0.6 is 15.9 Å². The Kier molecular flexibility index (Phi) is 4.34. The van der Waals surface area contributed by atoms with Gasteiger partial charge in [-0.3, -0.25) is 0 Å². The molecule has 1 fully saturated rings. The number of aromatic nitrogens is 2. The van der Waals surface area contributed by atoms with Crippen molar-refractivity contribution in [2.24, 2.45) is 0 Å². The number of hydrogen-bond donors (Lipinski definition) is 0. The predicted octanol–water partition coefficient (Wildman–Crippen LogP) is 2.16. The van der Waals surface area contributed by atoms with Gasteiger partial charge in [-0.1, -0.05) is 6.92 Å². The summed E-state index contributed by atoms with van der Waals surface area (Å²) in [7, 11) is 2.20. The molecule has 0 aliphatic carbocycles. The minimum absolute atomic E-state index is 0.536. The standard InChI is InChI=1S/C12H19BrN4/c1-3-10-8-16(2)5-4-6-17(10)12-11(13)7-14-9-15-12/h7,9-10H,3-6,8H2,1-2H3. The van der Waals surface area contributed by atoms with Crippen molar-refractivity contribution in [3.8, 4) is 0 Å². The smallest absolute Gasteiger partial charge is 0.146 e. The molecule has 17 heavy (non-hydrogen) atoms. The molecule has 0 N–H and O–H groups in total. The van der Waals surface area contributed by atoms with Gasteiger partial charge in [0.2, 0.25) is 0 Å². The van der Waals surface area contributed by atoms with Gasteiger partial charge in [-0.25, -0.2) is 9.97 Å². The molecule has 1 aromatic rings. The summed E-state index contributed by atoms with van der Waals surface area (Å²) in [5.74, 6) is 1.03. The first-order valence-corrected chi connectivity index (χ1v) is 6.92. The zero-order chi connectivity index (χ0) is 12.3. The molecule has 1 saturated heterocycles. The largest absolute Gasteiger partial charge is 0.351 e. The van der Waals surface area contributed by atoms with Gasteiger partial charge < -0.3 is 9.80 Å². The van der Waals surface area contributed by atoms with Gasteiger partial charge in [0.25, 0.3) is 0 Å². The van der Waals surface area contributed by atoms with Crippen LogP contribution in [0.4, 0.5) is 5.82 Å². The molecule has 94 valence electrons. The summed E-state index contributed by atoms with van der Waals surface area (Å²) in [6, 6.07) is 0.536. The van der Waals surface area contributed by atoms with E-state index in [1.165, 1.54) is 6.42 Å². The highest BCUT2D eigenvalue weighted by molar-refractivity contribution is 9.10. The van der Waals surface area contributed by atoms with Crippen LogP contribution in [0.5, 0.6) is 0 Å². The highest BCUT2D eigenvalue weighted by atomic mass is 79.9. The number of hydrogen-bond acceptors (Lipinski definition) is 4. The van der Waals surface area contributed by atoms with Gasteiger partial charge in [0.1, 0.15) is 12.1 Å². The van der Waals surface area contributed by atoms with Gasteiger partial charge >= 0.3 is 0 Å². The zero-order valence-corrected chi connectivity index (χ0v) is 12.0. The molecule has 1 unspecified atom stereocenters. The maximum absolute atomic E-state index is 4.42. The maximum Gasteiger partial charge on any atom is 0.146 e. The number of likely N-dealkylation sites (N-methyl/N-ethyl adjacent to an activating group) is 1. The molecule has 1 aliphatic rings. The number of rotatable bonds is 2. The van der Waals surface area contributed by atoms with Gasteiger partial charge in [0, 0.05) is 25.3 Å². The topological polar surface area (TPSA) is 32.3 Å². The van der Waals surface area contributed by atoms with Crippen molar-refractivity contribution in [1.82, 2.24) is 14.9 Å². The van der Waals surface area contributed by atoms with Crippen LogP contribution in [0.15, 0.2) is 17.0 Å². The lowest BCUT2D eigenvalue weighted by atomic mass is 10.2. The van der Waals surface area contributed by atoms with E-state index in [1.54, 1.807) is 6.33 Å². The molecular weight excluding hydrogens is 280 g/mol. The van der Waals surface area contributed by atoms with Crippen molar-refractivity contribution in [2.45, 2.75) is 25.8 Å². The van der Waals surface area contributed by atoms with E-state index in [0.717, 1.165) is 36.3 Å². The van der Waals surface area contributed by atoms with Crippen LogP contribution in [0.3, 0.4) is 0 Å². The Labute approximate surface area is 111 Å². The van der Waals surface area contributed by atoms with Gasteiger partial charge in [-0.15, -0.1) is 0 Å². The number of halogens is 1. The van der Waals surface area contributed by atoms with E-state index in [9.17, 15) is 0 Å². The lowest BCUT2D eigenvalue weighted by Crippen LogP contribution is -2.40. The van der Waals surface area contributed by atoms with Crippen LogP contribution < -0.4 is 4.90 Å². The zero-order valence-electron chi connectivity index (χ0n) is 10.4. The van der Waals surface area contributed by atoms with E-state index in [1.807, 2.05) is 6.20 Å². The van der Waals surface area contributed by atoms with Crippen molar-refractivity contribution < 1.29 is 0 Å². The molecule has 5 heteroatoms. The molecule has 1 atom stereocenters. The minimum Gasteiger partial charge on any atom is -0.351 e. The van der Waals surface area contributed by atoms with E-state index >= 15 is 0 Å².